The van der Waals surface area contributed by atoms with Gasteiger partial charge in [0.2, 0.25) is 5.91 Å². The summed E-state index contributed by atoms with van der Waals surface area (Å²) in [5.41, 5.74) is 1.98. The minimum atomic E-state index is -0.257. The van der Waals surface area contributed by atoms with Gasteiger partial charge in [-0.15, -0.1) is 0 Å². The Morgan fingerprint density at radius 3 is 2.84 bits per heavy atom. The molecule has 1 saturated carbocycles. The van der Waals surface area contributed by atoms with Crippen molar-refractivity contribution in [1.29, 1.82) is 0 Å². The van der Waals surface area contributed by atoms with Crippen LogP contribution in [0, 0.1) is 5.92 Å². The van der Waals surface area contributed by atoms with Crippen LogP contribution in [0.15, 0.2) is 59.4 Å². The summed E-state index contributed by atoms with van der Waals surface area (Å²) >= 11 is 0. The van der Waals surface area contributed by atoms with Crippen molar-refractivity contribution < 1.29 is 14.0 Å². The van der Waals surface area contributed by atoms with Gasteiger partial charge in [-0.25, -0.2) is 0 Å². The van der Waals surface area contributed by atoms with Gasteiger partial charge in [0.15, 0.2) is 5.76 Å². The van der Waals surface area contributed by atoms with Crippen molar-refractivity contribution in [2.45, 2.75) is 45.8 Å². The zero-order valence-corrected chi connectivity index (χ0v) is 17.8. The first-order valence-electron chi connectivity index (χ1n) is 10.8. The summed E-state index contributed by atoms with van der Waals surface area (Å²) in [4.78, 5) is 31.0. The van der Waals surface area contributed by atoms with E-state index in [4.69, 9.17) is 4.42 Å². The Hall–Kier alpha value is -3.35. The average molecular weight is 421 g/mol. The van der Waals surface area contributed by atoms with E-state index in [1.165, 1.54) is 0 Å². The number of hydrogen-bond acceptors (Lipinski definition) is 4. The molecule has 3 aromatic heterocycles. The molecule has 0 spiro atoms. The van der Waals surface area contributed by atoms with Crippen molar-refractivity contribution in [3.05, 3.63) is 77.8 Å². The summed E-state index contributed by atoms with van der Waals surface area (Å²) in [6.45, 7) is 4.36. The Morgan fingerprint density at radius 2 is 2.10 bits per heavy atom. The summed E-state index contributed by atoms with van der Waals surface area (Å²) in [5, 5.41) is 2.84. The molecule has 1 N–H and O–H groups in total. The lowest BCUT2D eigenvalue weighted by Crippen LogP contribution is -2.33. The van der Waals surface area contributed by atoms with Crippen molar-refractivity contribution >= 4 is 11.8 Å². The van der Waals surface area contributed by atoms with Gasteiger partial charge in [-0.2, -0.15) is 0 Å². The van der Waals surface area contributed by atoms with E-state index in [0.717, 1.165) is 37.1 Å². The number of amides is 2. The smallest absolute Gasteiger partial charge is 0.287 e. The Kier molecular flexibility index (Phi) is 6.50. The molecule has 0 radical (unpaired) electrons. The second-order valence-corrected chi connectivity index (χ2v) is 7.97. The second-order valence-electron chi connectivity index (χ2n) is 7.97. The van der Waals surface area contributed by atoms with E-state index in [-0.39, 0.29) is 23.5 Å². The molecule has 1 aliphatic carbocycles. The molecule has 1 aliphatic rings. The number of pyridine rings is 1. The predicted molar refractivity (Wildman–Crippen MR) is 116 cm³/mol. The molecule has 162 valence electrons. The summed E-state index contributed by atoms with van der Waals surface area (Å²) in [5.74, 6) is 1.20. The Bertz CT molecular complexity index is 1020. The topological polar surface area (TPSA) is 80.4 Å². The zero-order valence-electron chi connectivity index (χ0n) is 17.8. The van der Waals surface area contributed by atoms with E-state index in [9.17, 15) is 9.59 Å². The minimum absolute atomic E-state index is 0.216. The van der Waals surface area contributed by atoms with Gasteiger partial charge in [-0.05, 0) is 55.2 Å². The summed E-state index contributed by atoms with van der Waals surface area (Å²) in [7, 11) is 0. The molecule has 0 aromatic carbocycles. The molecule has 4 rings (SSSR count). The van der Waals surface area contributed by atoms with Crippen LogP contribution in [0.25, 0.3) is 0 Å². The fraction of sp³-hybridized carbons (Fsp3) is 0.375. The standard InChI is InChI=1S/C24H28N4O3/c1-2-12-28(24(30)19-7-8-19)16-20-6-4-13-27(20)17-21-9-10-22(31-21)23(29)26-15-18-5-3-11-25-14-18/h3-6,9-11,13-14,19H,2,7-8,12,15-17H2,1H3,(H,26,29). The highest BCUT2D eigenvalue weighted by Gasteiger charge is 2.33. The van der Waals surface area contributed by atoms with E-state index in [2.05, 4.69) is 21.8 Å². The molecular formula is C24H28N4O3. The molecule has 0 unspecified atom stereocenters. The Morgan fingerprint density at radius 1 is 1.23 bits per heavy atom. The zero-order chi connectivity index (χ0) is 21.6. The van der Waals surface area contributed by atoms with Gasteiger partial charge in [0.05, 0.1) is 13.1 Å². The largest absolute Gasteiger partial charge is 0.454 e. The number of furan rings is 1. The molecule has 0 saturated heterocycles. The first-order valence-corrected chi connectivity index (χ1v) is 10.8. The van der Waals surface area contributed by atoms with Crippen LogP contribution < -0.4 is 5.32 Å². The van der Waals surface area contributed by atoms with Crippen molar-refractivity contribution in [1.82, 2.24) is 19.8 Å². The van der Waals surface area contributed by atoms with Crippen LogP contribution in [0.5, 0.6) is 0 Å². The van der Waals surface area contributed by atoms with Crippen LogP contribution in [-0.2, 0) is 24.4 Å². The SMILES string of the molecule is CCCN(Cc1cccn1Cc1ccc(C(=O)NCc2cccnc2)o1)C(=O)C1CC1. The van der Waals surface area contributed by atoms with Gasteiger partial charge in [0.1, 0.15) is 5.76 Å². The number of aromatic nitrogens is 2. The number of nitrogens with zero attached hydrogens (tertiary/aromatic N) is 3. The van der Waals surface area contributed by atoms with Crippen LogP contribution >= 0.6 is 0 Å². The fourth-order valence-electron chi connectivity index (χ4n) is 3.59. The minimum Gasteiger partial charge on any atom is -0.454 e. The van der Waals surface area contributed by atoms with Gasteiger partial charge in [0.25, 0.3) is 5.91 Å². The predicted octanol–water partition coefficient (Wildman–Crippen LogP) is 3.60. The number of hydrogen-bond donors (Lipinski definition) is 1. The van der Waals surface area contributed by atoms with Gasteiger partial charge in [-0.3, -0.25) is 14.6 Å². The Labute approximate surface area is 182 Å². The van der Waals surface area contributed by atoms with E-state index >= 15 is 0 Å². The maximum absolute atomic E-state index is 12.6. The van der Waals surface area contributed by atoms with E-state index in [0.29, 0.717) is 25.4 Å². The quantitative estimate of drug-likeness (QED) is 0.543. The lowest BCUT2D eigenvalue weighted by Gasteiger charge is -2.23. The average Bonchev–Trinajstić information content (AvgIpc) is 3.39. The fourth-order valence-corrected chi connectivity index (χ4v) is 3.59. The molecule has 7 nitrogen and oxygen atoms in total. The second kappa shape index (κ2) is 9.64. The maximum atomic E-state index is 12.6. The summed E-state index contributed by atoms with van der Waals surface area (Å²) in [6, 6.07) is 11.3. The van der Waals surface area contributed by atoms with Crippen LogP contribution in [0.4, 0.5) is 0 Å². The van der Waals surface area contributed by atoms with Crippen molar-refractivity contribution in [3.63, 3.8) is 0 Å². The molecule has 3 heterocycles. The molecule has 0 aliphatic heterocycles. The van der Waals surface area contributed by atoms with Gasteiger partial charge >= 0.3 is 0 Å². The maximum Gasteiger partial charge on any atom is 0.287 e. The molecular weight excluding hydrogens is 392 g/mol. The highest BCUT2D eigenvalue weighted by Crippen LogP contribution is 2.31. The highest BCUT2D eigenvalue weighted by atomic mass is 16.4. The van der Waals surface area contributed by atoms with Crippen LogP contribution in [0.3, 0.4) is 0 Å². The summed E-state index contributed by atoms with van der Waals surface area (Å²) < 4.78 is 7.85. The Balaban J connectivity index is 1.37. The molecule has 0 bridgehead atoms. The third-order valence-corrected chi connectivity index (χ3v) is 5.40. The van der Waals surface area contributed by atoms with E-state index in [1.807, 2.05) is 41.4 Å². The molecule has 0 atom stereocenters. The number of rotatable bonds is 10. The van der Waals surface area contributed by atoms with Crippen molar-refractivity contribution in [3.8, 4) is 0 Å². The van der Waals surface area contributed by atoms with Crippen molar-refractivity contribution in [2.75, 3.05) is 6.54 Å². The third kappa shape index (κ3) is 5.42. The highest BCUT2D eigenvalue weighted by molar-refractivity contribution is 5.91. The number of carbonyl (C=O) groups is 2. The van der Waals surface area contributed by atoms with Crippen LogP contribution in [0.2, 0.25) is 0 Å². The molecule has 1 fully saturated rings. The number of carbonyl (C=O) groups excluding carboxylic acids is 2. The molecule has 7 heteroatoms. The number of nitrogens with one attached hydrogen (secondary N) is 1. The third-order valence-electron chi connectivity index (χ3n) is 5.40. The molecule has 3 aromatic rings. The first-order chi connectivity index (χ1) is 15.1. The lowest BCUT2D eigenvalue weighted by atomic mass is 10.2. The van der Waals surface area contributed by atoms with Crippen LogP contribution in [0.1, 0.15) is 53.8 Å². The van der Waals surface area contributed by atoms with Gasteiger partial charge in [-0.1, -0.05) is 13.0 Å². The van der Waals surface area contributed by atoms with E-state index in [1.54, 1.807) is 18.5 Å². The van der Waals surface area contributed by atoms with Gasteiger partial charge < -0.3 is 19.2 Å². The molecule has 2 amide bonds. The first kappa shape index (κ1) is 20.9. The lowest BCUT2D eigenvalue weighted by molar-refractivity contribution is -0.133. The monoisotopic (exact) mass is 420 g/mol. The van der Waals surface area contributed by atoms with E-state index < -0.39 is 0 Å². The molecule has 31 heavy (non-hydrogen) atoms. The van der Waals surface area contributed by atoms with Crippen molar-refractivity contribution in [2.24, 2.45) is 5.92 Å². The summed E-state index contributed by atoms with van der Waals surface area (Å²) in [6.07, 6.45) is 8.36. The van der Waals surface area contributed by atoms with Gasteiger partial charge in [0, 0.05) is 43.3 Å². The normalized spacial score (nSPS) is 13.2. The van der Waals surface area contributed by atoms with Crippen LogP contribution in [-0.4, -0.2) is 32.8 Å².